The summed E-state index contributed by atoms with van der Waals surface area (Å²) < 4.78 is 5.67. The lowest BCUT2D eigenvalue weighted by atomic mass is 10.2. The van der Waals surface area contributed by atoms with Crippen LogP contribution in [0.1, 0.15) is 68.1 Å². The van der Waals surface area contributed by atoms with E-state index in [0.29, 0.717) is 25.3 Å². The second-order valence-electron chi connectivity index (χ2n) is 7.09. The number of carbonyl (C=O) groups is 2. The van der Waals surface area contributed by atoms with Crippen molar-refractivity contribution in [3.8, 4) is 0 Å². The van der Waals surface area contributed by atoms with E-state index in [1.807, 2.05) is 6.92 Å². The van der Waals surface area contributed by atoms with Gasteiger partial charge >= 0.3 is 0 Å². The molecule has 0 saturated carbocycles. The van der Waals surface area contributed by atoms with Crippen LogP contribution in [0.15, 0.2) is 12.4 Å². The minimum atomic E-state index is -0.200. The number of amides is 2. The molecule has 7 nitrogen and oxygen atoms in total. The van der Waals surface area contributed by atoms with Gasteiger partial charge in [0.15, 0.2) is 0 Å². The maximum Gasteiger partial charge on any atom is 0.274 e. The van der Waals surface area contributed by atoms with Crippen LogP contribution in [-0.2, 0) is 9.53 Å². The molecule has 2 heterocycles. The van der Waals surface area contributed by atoms with Gasteiger partial charge in [0.2, 0.25) is 5.91 Å². The average Bonchev–Trinajstić information content (AvgIpc) is 3.18. The SMILES string of the molecule is CCCCCCNC(=O)CCN(C[C@@H]1CCCO1)C(=O)c1cnc(C)cn1. The van der Waals surface area contributed by atoms with Crippen LogP contribution in [0.5, 0.6) is 0 Å². The molecule has 150 valence electrons. The van der Waals surface area contributed by atoms with Crippen LogP contribution < -0.4 is 5.32 Å². The van der Waals surface area contributed by atoms with E-state index < -0.39 is 0 Å². The summed E-state index contributed by atoms with van der Waals surface area (Å²) in [5.41, 5.74) is 1.07. The van der Waals surface area contributed by atoms with Crippen molar-refractivity contribution in [3.05, 3.63) is 23.8 Å². The van der Waals surface area contributed by atoms with Crippen molar-refractivity contribution in [1.82, 2.24) is 20.2 Å². The molecule has 1 aliphatic rings. The first-order valence-electron chi connectivity index (χ1n) is 10.1. The number of hydrogen-bond donors (Lipinski definition) is 1. The smallest absolute Gasteiger partial charge is 0.274 e. The van der Waals surface area contributed by atoms with Crippen LogP contribution in [0.25, 0.3) is 0 Å². The standard InChI is InChI=1S/C20H32N4O3/c1-3-4-5-6-10-21-19(25)9-11-24(15-17-8-7-12-27-17)20(26)18-14-22-16(2)13-23-18/h13-14,17H,3-12,15H2,1-2H3,(H,21,25)/t17-/m0/s1. The van der Waals surface area contributed by atoms with Gasteiger partial charge in [0.25, 0.3) is 5.91 Å². The summed E-state index contributed by atoms with van der Waals surface area (Å²) in [5.74, 6) is -0.222. The summed E-state index contributed by atoms with van der Waals surface area (Å²) in [6.45, 7) is 6.26. The third kappa shape index (κ3) is 7.62. The Bertz CT molecular complexity index is 585. The lowest BCUT2D eigenvalue weighted by Crippen LogP contribution is -2.40. The highest BCUT2D eigenvalue weighted by Crippen LogP contribution is 2.15. The first kappa shape index (κ1) is 21.3. The molecule has 7 heteroatoms. The topological polar surface area (TPSA) is 84.4 Å². The van der Waals surface area contributed by atoms with Crippen LogP contribution in [0, 0.1) is 6.92 Å². The fourth-order valence-electron chi connectivity index (χ4n) is 3.08. The summed E-state index contributed by atoms with van der Waals surface area (Å²) >= 11 is 0. The van der Waals surface area contributed by atoms with Crippen molar-refractivity contribution in [2.75, 3.05) is 26.2 Å². The molecule has 27 heavy (non-hydrogen) atoms. The lowest BCUT2D eigenvalue weighted by molar-refractivity contribution is -0.121. The van der Waals surface area contributed by atoms with Gasteiger partial charge in [0, 0.05) is 38.9 Å². The summed E-state index contributed by atoms with van der Waals surface area (Å²) in [6.07, 6.45) is 9.84. The van der Waals surface area contributed by atoms with Crippen molar-refractivity contribution in [2.24, 2.45) is 0 Å². The molecule has 0 aliphatic carbocycles. The van der Waals surface area contributed by atoms with Gasteiger partial charge < -0.3 is 15.0 Å². The molecule has 1 aromatic heterocycles. The zero-order valence-corrected chi connectivity index (χ0v) is 16.6. The molecule has 1 fully saturated rings. The van der Waals surface area contributed by atoms with Crippen LogP contribution in [0.3, 0.4) is 0 Å². The quantitative estimate of drug-likeness (QED) is 0.600. The Hall–Kier alpha value is -2.02. The van der Waals surface area contributed by atoms with Gasteiger partial charge in [-0.1, -0.05) is 26.2 Å². The Morgan fingerprint density at radius 2 is 2.11 bits per heavy atom. The first-order chi connectivity index (χ1) is 13.1. The second-order valence-corrected chi connectivity index (χ2v) is 7.09. The number of unbranched alkanes of at least 4 members (excludes halogenated alkanes) is 3. The number of carbonyl (C=O) groups excluding carboxylic acids is 2. The van der Waals surface area contributed by atoms with Gasteiger partial charge in [-0.15, -0.1) is 0 Å². The first-order valence-corrected chi connectivity index (χ1v) is 10.1. The zero-order valence-electron chi connectivity index (χ0n) is 16.6. The molecule has 1 N–H and O–H groups in total. The van der Waals surface area contributed by atoms with Gasteiger partial charge in [-0.05, 0) is 26.2 Å². The summed E-state index contributed by atoms with van der Waals surface area (Å²) in [5, 5.41) is 2.94. The fraction of sp³-hybridized carbons (Fsp3) is 0.700. The molecule has 2 rings (SSSR count). The van der Waals surface area contributed by atoms with Crippen molar-refractivity contribution in [2.45, 2.75) is 64.9 Å². The van der Waals surface area contributed by atoms with E-state index in [9.17, 15) is 9.59 Å². The molecule has 1 aromatic rings. The van der Waals surface area contributed by atoms with E-state index >= 15 is 0 Å². The van der Waals surface area contributed by atoms with Crippen molar-refractivity contribution >= 4 is 11.8 Å². The highest BCUT2D eigenvalue weighted by atomic mass is 16.5. The molecule has 0 radical (unpaired) electrons. The number of nitrogens with one attached hydrogen (secondary N) is 1. The summed E-state index contributed by atoms with van der Waals surface area (Å²) in [6, 6.07) is 0. The Morgan fingerprint density at radius 3 is 2.78 bits per heavy atom. The zero-order chi connectivity index (χ0) is 19.5. The minimum Gasteiger partial charge on any atom is -0.376 e. The number of rotatable bonds is 11. The van der Waals surface area contributed by atoms with E-state index in [0.717, 1.165) is 38.0 Å². The number of aromatic nitrogens is 2. The summed E-state index contributed by atoms with van der Waals surface area (Å²) in [7, 11) is 0. The molecular weight excluding hydrogens is 344 g/mol. The highest BCUT2D eigenvalue weighted by molar-refractivity contribution is 5.92. The Morgan fingerprint density at radius 1 is 1.26 bits per heavy atom. The molecule has 0 aromatic carbocycles. The maximum absolute atomic E-state index is 12.8. The average molecular weight is 377 g/mol. The molecular formula is C20H32N4O3. The van der Waals surface area contributed by atoms with Gasteiger partial charge in [0.05, 0.1) is 18.0 Å². The maximum atomic E-state index is 12.8. The highest BCUT2D eigenvalue weighted by Gasteiger charge is 2.24. The Labute approximate surface area is 161 Å². The van der Waals surface area contributed by atoms with Crippen LogP contribution in [0.2, 0.25) is 0 Å². The van der Waals surface area contributed by atoms with Crippen LogP contribution in [0.4, 0.5) is 0 Å². The van der Waals surface area contributed by atoms with Crippen molar-refractivity contribution in [1.29, 1.82) is 0 Å². The molecule has 1 atom stereocenters. The summed E-state index contributed by atoms with van der Waals surface area (Å²) in [4.78, 5) is 34.9. The molecule has 2 amide bonds. The number of hydrogen-bond acceptors (Lipinski definition) is 5. The fourth-order valence-corrected chi connectivity index (χ4v) is 3.08. The Kier molecular flexibility index (Phi) is 9.18. The van der Waals surface area contributed by atoms with E-state index in [1.165, 1.54) is 19.0 Å². The number of nitrogens with zero attached hydrogens (tertiary/aromatic N) is 3. The third-order valence-electron chi connectivity index (χ3n) is 4.70. The molecule has 0 spiro atoms. The van der Waals surface area contributed by atoms with E-state index in [2.05, 4.69) is 22.2 Å². The van der Waals surface area contributed by atoms with Gasteiger partial charge in [0.1, 0.15) is 5.69 Å². The normalized spacial score (nSPS) is 16.3. The molecule has 1 aliphatic heterocycles. The van der Waals surface area contributed by atoms with Gasteiger partial charge in [-0.2, -0.15) is 0 Å². The van der Waals surface area contributed by atoms with Crippen molar-refractivity contribution < 1.29 is 14.3 Å². The van der Waals surface area contributed by atoms with E-state index in [4.69, 9.17) is 4.74 Å². The minimum absolute atomic E-state index is 0.0216. The monoisotopic (exact) mass is 376 g/mol. The van der Waals surface area contributed by atoms with E-state index in [1.54, 1.807) is 11.1 Å². The predicted molar refractivity (Wildman–Crippen MR) is 103 cm³/mol. The van der Waals surface area contributed by atoms with Crippen LogP contribution >= 0.6 is 0 Å². The second kappa shape index (κ2) is 11.6. The molecule has 0 unspecified atom stereocenters. The van der Waals surface area contributed by atoms with Crippen LogP contribution in [-0.4, -0.2) is 59.0 Å². The number of ether oxygens (including phenoxy) is 1. The van der Waals surface area contributed by atoms with Gasteiger partial charge in [-0.3, -0.25) is 14.6 Å². The predicted octanol–water partition coefficient (Wildman–Crippen LogP) is 2.49. The third-order valence-corrected chi connectivity index (χ3v) is 4.70. The van der Waals surface area contributed by atoms with Crippen molar-refractivity contribution in [3.63, 3.8) is 0 Å². The Balaban J connectivity index is 1.86. The number of aryl methyl sites for hydroxylation is 1. The van der Waals surface area contributed by atoms with Gasteiger partial charge in [-0.25, -0.2) is 4.98 Å². The molecule has 0 bridgehead atoms. The lowest BCUT2D eigenvalue weighted by Gasteiger charge is -2.25. The molecule has 1 saturated heterocycles. The largest absolute Gasteiger partial charge is 0.376 e. The van der Waals surface area contributed by atoms with E-state index in [-0.39, 0.29) is 24.3 Å².